The summed E-state index contributed by atoms with van der Waals surface area (Å²) in [5, 5.41) is 12.6. The van der Waals surface area contributed by atoms with Crippen molar-refractivity contribution in [2.45, 2.75) is 32.0 Å². The van der Waals surface area contributed by atoms with E-state index in [9.17, 15) is 18.7 Å². The van der Waals surface area contributed by atoms with Crippen LogP contribution < -0.4 is 14.8 Å². The van der Waals surface area contributed by atoms with Crippen molar-refractivity contribution < 1.29 is 28.2 Å². The lowest BCUT2D eigenvalue weighted by atomic mass is 10.1. The van der Waals surface area contributed by atoms with Gasteiger partial charge in [-0.1, -0.05) is 6.42 Å². The minimum atomic E-state index is -3.05. The van der Waals surface area contributed by atoms with Crippen LogP contribution >= 0.6 is 0 Å². The molecule has 0 spiro atoms. The summed E-state index contributed by atoms with van der Waals surface area (Å²) in [5.41, 5.74) is -0.0359. The van der Waals surface area contributed by atoms with Crippen LogP contribution in [0.1, 0.15) is 29.6 Å². The summed E-state index contributed by atoms with van der Waals surface area (Å²) in [6.07, 6.45) is 2.70. The summed E-state index contributed by atoms with van der Waals surface area (Å²) >= 11 is 0. The Morgan fingerprint density at radius 2 is 2.04 bits per heavy atom. The van der Waals surface area contributed by atoms with E-state index in [2.05, 4.69) is 15.0 Å². The Morgan fingerprint density at radius 3 is 2.68 bits per heavy atom. The molecule has 0 aliphatic carbocycles. The molecule has 8 heteroatoms. The smallest absolute Gasteiger partial charge is 0.387 e. The van der Waals surface area contributed by atoms with Crippen molar-refractivity contribution in [1.82, 2.24) is 10.2 Å². The molecule has 25 heavy (non-hydrogen) atoms. The second-order valence-electron chi connectivity index (χ2n) is 5.97. The summed E-state index contributed by atoms with van der Waals surface area (Å²) < 4.78 is 34.4. The molecule has 0 radical (unpaired) electrons. The molecule has 0 aromatic heterocycles. The monoisotopic (exact) mass is 358 g/mol. The second kappa shape index (κ2) is 9.53. The standard InChI is InChI=1S/C17H24F2N2O4/c1-24-13-5-6-14(15(9-13)25-17(18)19)16(23)20-10-12(22)11-21-7-3-2-4-8-21/h5-6,9,12,17,22H,2-4,7-8,10-11H2,1H3,(H,20,23)/t12-/m0/s1. The molecule has 2 rings (SSSR count). The Labute approximate surface area is 145 Å². The number of carbonyl (C=O) groups is 1. The molecular formula is C17H24F2N2O4. The molecule has 6 nitrogen and oxygen atoms in total. The number of amides is 1. The Balaban J connectivity index is 1.92. The van der Waals surface area contributed by atoms with E-state index >= 15 is 0 Å². The van der Waals surface area contributed by atoms with Gasteiger partial charge >= 0.3 is 6.61 Å². The normalized spacial score (nSPS) is 16.5. The molecule has 1 aliphatic heterocycles. The highest BCUT2D eigenvalue weighted by molar-refractivity contribution is 5.97. The molecule has 1 aromatic carbocycles. The summed E-state index contributed by atoms with van der Waals surface area (Å²) in [7, 11) is 1.39. The minimum absolute atomic E-state index is 0.0359. The first-order chi connectivity index (χ1) is 12.0. The van der Waals surface area contributed by atoms with Crippen molar-refractivity contribution >= 4 is 5.91 Å². The van der Waals surface area contributed by atoms with Gasteiger partial charge in [-0.2, -0.15) is 8.78 Å². The summed E-state index contributed by atoms with van der Waals surface area (Å²) in [6.45, 7) is -0.659. The van der Waals surface area contributed by atoms with Gasteiger partial charge in [0, 0.05) is 19.2 Å². The van der Waals surface area contributed by atoms with Crippen molar-refractivity contribution in [3.8, 4) is 11.5 Å². The van der Waals surface area contributed by atoms with E-state index in [-0.39, 0.29) is 17.9 Å². The van der Waals surface area contributed by atoms with Gasteiger partial charge in [0.05, 0.1) is 18.8 Å². The number of aliphatic hydroxyl groups is 1. The molecule has 1 fully saturated rings. The van der Waals surface area contributed by atoms with Crippen LogP contribution in [0.15, 0.2) is 18.2 Å². The van der Waals surface area contributed by atoms with Crippen molar-refractivity contribution in [2.75, 3.05) is 33.3 Å². The predicted molar refractivity (Wildman–Crippen MR) is 88.3 cm³/mol. The number of hydrogen-bond donors (Lipinski definition) is 2. The molecule has 1 aliphatic rings. The minimum Gasteiger partial charge on any atom is -0.497 e. The van der Waals surface area contributed by atoms with Gasteiger partial charge in [-0.05, 0) is 38.1 Å². The van der Waals surface area contributed by atoms with Crippen molar-refractivity contribution in [3.05, 3.63) is 23.8 Å². The topological polar surface area (TPSA) is 71.0 Å². The fourth-order valence-electron chi connectivity index (χ4n) is 2.82. The molecule has 0 saturated carbocycles. The van der Waals surface area contributed by atoms with Gasteiger partial charge in [0.2, 0.25) is 0 Å². The van der Waals surface area contributed by atoms with Crippen LogP contribution in [0.4, 0.5) is 8.78 Å². The summed E-state index contributed by atoms with van der Waals surface area (Å²) in [4.78, 5) is 14.4. The average molecular weight is 358 g/mol. The first-order valence-corrected chi connectivity index (χ1v) is 8.31. The van der Waals surface area contributed by atoms with Crippen LogP contribution in [0.25, 0.3) is 0 Å². The van der Waals surface area contributed by atoms with E-state index in [4.69, 9.17) is 4.74 Å². The number of rotatable bonds is 8. The highest BCUT2D eigenvalue weighted by atomic mass is 19.3. The van der Waals surface area contributed by atoms with E-state index in [0.717, 1.165) is 25.9 Å². The zero-order valence-electron chi connectivity index (χ0n) is 14.2. The Kier molecular flexibility index (Phi) is 7.39. The summed E-state index contributed by atoms with van der Waals surface area (Å²) in [5.74, 6) is -0.550. The van der Waals surface area contributed by atoms with E-state index in [1.54, 1.807) is 0 Å². The highest BCUT2D eigenvalue weighted by Crippen LogP contribution is 2.26. The number of piperidine rings is 1. The SMILES string of the molecule is COc1ccc(C(=O)NC[C@H](O)CN2CCCCC2)c(OC(F)F)c1. The number of ether oxygens (including phenoxy) is 2. The van der Waals surface area contributed by atoms with Crippen molar-refractivity contribution in [1.29, 1.82) is 0 Å². The number of β-amino-alcohol motifs (C(OH)–C–C–N with tert-alkyl or cyclic N) is 1. The van der Waals surface area contributed by atoms with Gasteiger partial charge < -0.3 is 24.8 Å². The molecule has 1 amide bonds. The van der Waals surface area contributed by atoms with Gasteiger partial charge in [0.25, 0.3) is 5.91 Å². The first-order valence-electron chi connectivity index (χ1n) is 8.31. The third kappa shape index (κ3) is 6.13. The number of hydrogen-bond acceptors (Lipinski definition) is 5. The third-order valence-corrected chi connectivity index (χ3v) is 4.07. The largest absolute Gasteiger partial charge is 0.497 e. The van der Waals surface area contributed by atoms with Gasteiger partial charge in [-0.3, -0.25) is 4.79 Å². The number of carbonyl (C=O) groups excluding carboxylic acids is 1. The van der Waals surface area contributed by atoms with Crippen LogP contribution in [0.2, 0.25) is 0 Å². The van der Waals surface area contributed by atoms with Crippen LogP contribution in [0.3, 0.4) is 0 Å². The lowest BCUT2D eigenvalue weighted by molar-refractivity contribution is -0.0502. The van der Waals surface area contributed by atoms with Crippen molar-refractivity contribution in [3.63, 3.8) is 0 Å². The maximum absolute atomic E-state index is 12.5. The number of methoxy groups -OCH3 is 1. The van der Waals surface area contributed by atoms with Gasteiger partial charge in [-0.25, -0.2) is 0 Å². The van der Waals surface area contributed by atoms with Gasteiger partial charge in [0.15, 0.2) is 0 Å². The fourth-order valence-corrected chi connectivity index (χ4v) is 2.82. The van der Waals surface area contributed by atoms with Crippen LogP contribution in [0, 0.1) is 0 Å². The Bertz CT molecular complexity index is 566. The van der Waals surface area contributed by atoms with Gasteiger partial charge in [0.1, 0.15) is 11.5 Å². The number of benzene rings is 1. The molecule has 2 N–H and O–H groups in total. The zero-order chi connectivity index (χ0) is 18.2. The Morgan fingerprint density at radius 1 is 1.32 bits per heavy atom. The average Bonchev–Trinajstić information content (AvgIpc) is 2.60. The third-order valence-electron chi connectivity index (χ3n) is 4.07. The molecule has 1 atom stereocenters. The van der Waals surface area contributed by atoms with E-state index in [1.165, 1.54) is 31.7 Å². The summed E-state index contributed by atoms with van der Waals surface area (Å²) in [6, 6.07) is 4.06. The highest BCUT2D eigenvalue weighted by Gasteiger charge is 2.19. The number of nitrogens with one attached hydrogen (secondary N) is 1. The van der Waals surface area contributed by atoms with Crippen molar-refractivity contribution in [2.24, 2.45) is 0 Å². The van der Waals surface area contributed by atoms with E-state index in [0.29, 0.717) is 12.3 Å². The number of aliphatic hydroxyl groups excluding tert-OH is 1. The molecule has 1 saturated heterocycles. The second-order valence-corrected chi connectivity index (χ2v) is 5.97. The zero-order valence-corrected chi connectivity index (χ0v) is 14.2. The Hall–Kier alpha value is -1.93. The predicted octanol–water partition coefficient (Wildman–Crippen LogP) is 1.87. The molecule has 140 valence electrons. The van der Waals surface area contributed by atoms with E-state index < -0.39 is 18.6 Å². The molecule has 0 unspecified atom stereocenters. The number of alkyl halides is 2. The quantitative estimate of drug-likeness (QED) is 0.742. The molecule has 1 heterocycles. The number of likely N-dealkylation sites (tertiary alicyclic amines) is 1. The number of nitrogens with zero attached hydrogens (tertiary/aromatic N) is 1. The van der Waals surface area contributed by atoms with Gasteiger partial charge in [-0.15, -0.1) is 0 Å². The van der Waals surface area contributed by atoms with E-state index in [1.807, 2.05) is 0 Å². The van der Waals surface area contributed by atoms with Crippen LogP contribution in [-0.4, -0.2) is 61.9 Å². The maximum Gasteiger partial charge on any atom is 0.387 e. The van der Waals surface area contributed by atoms with Crippen LogP contribution in [0.5, 0.6) is 11.5 Å². The lowest BCUT2D eigenvalue weighted by Gasteiger charge is -2.28. The maximum atomic E-state index is 12.5. The number of halogens is 2. The molecular weight excluding hydrogens is 334 g/mol. The molecule has 0 bridgehead atoms. The first kappa shape index (κ1) is 19.4. The molecule has 1 aromatic rings. The fraction of sp³-hybridized carbons (Fsp3) is 0.588. The lowest BCUT2D eigenvalue weighted by Crippen LogP contribution is -2.42. The van der Waals surface area contributed by atoms with Crippen LogP contribution in [-0.2, 0) is 0 Å².